The molecule has 1 aliphatic heterocycles. The number of benzene rings is 2. The number of amides is 3. The van der Waals surface area contributed by atoms with Crippen LogP contribution in [0.4, 0.5) is 15.0 Å². The van der Waals surface area contributed by atoms with Gasteiger partial charge in [-0.15, -0.1) is 0 Å². The minimum atomic E-state index is -0.583. The Hall–Kier alpha value is -3.92. The Bertz CT molecular complexity index is 1500. The van der Waals surface area contributed by atoms with E-state index in [2.05, 4.69) is 4.98 Å². The lowest BCUT2D eigenvalue weighted by molar-refractivity contribution is -0.128. The average molecular weight is 567 g/mol. The lowest BCUT2D eigenvalue weighted by Crippen LogP contribution is -2.50. The lowest BCUT2D eigenvalue weighted by Gasteiger charge is -2.35. The van der Waals surface area contributed by atoms with Crippen LogP contribution in [-0.4, -0.2) is 77.1 Å². The number of carbonyl (C=O) groups is 2. The van der Waals surface area contributed by atoms with Gasteiger partial charge in [-0.05, 0) is 29.7 Å². The molecule has 1 atom stereocenters. The molecule has 1 aromatic heterocycles. The molecule has 40 heavy (non-hydrogen) atoms. The molecule has 1 fully saturated rings. The van der Waals surface area contributed by atoms with Crippen LogP contribution < -0.4 is 10.6 Å². The molecule has 1 aliphatic carbocycles. The van der Waals surface area contributed by atoms with Crippen LogP contribution in [0.1, 0.15) is 41.3 Å². The van der Waals surface area contributed by atoms with Crippen molar-refractivity contribution in [2.75, 3.05) is 45.2 Å². The molecule has 2 aromatic carbocycles. The molecule has 2 aliphatic rings. The van der Waals surface area contributed by atoms with Gasteiger partial charge in [-0.1, -0.05) is 35.9 Å². The molecule has 3 amide bonds. The van der Waals surface area contributed by atoms with E-state index in [1.807, 2.05) is 29.2 Å². The molecule has 5 rings (SSSR count). The first kappa shape index (κ1) is 27.6. The third-order valence-electron chi connectivity index (χ3n) is 7.56. The van der Waals surface area contributed by atoms with Gasteiger partial charge < -0.3 is 25.5 Å². The highest BCUT2D eigenvalue weighted by atomic mass is 35.5. The van der Waals surface area contributed by atoms with Gasteiger partial charge in [0.05, 0.1) is 5.76 Å². The molecule has 0 saturated carbocycles. The molecular weight excluding hydrogens is 535 g/mol. The van der Waals surface area contributed by atoms with Crippen molar-refractivity contribution in [3.8, 4) is 0 Å². The Morgan fingerprint density at radius 3 is 2.60 bits per heavy atom. The number of nitrogens with zero attached hydrogens (tertiary/aromatic N) is 5. The first-order valence-corrected chi connectivity index (χ1v) is 13.7. The standard InChI is InChI=1S/C29H32ClFN6O3/c1-35(2)24(39)9-5-8-23-33-27-21(28(34-23)36-10-12-37(13-11-36)29(32)40)16-22(30)25(26(27)31)20-15-18(38)14-17-6-3-4-7-19(17)20/h3-4,6-7,15-16,20,38H,5,8-14H2,1-2H3,(H2,32,40)/t20-/m0/s1. The van der Waals surface area contributed by atoms with Crippen molar-refractivity contribution in [1.82, 2.24) is 19.8 Å². The minimum absolute atomic E-state index is 0.00797. The Kier molecular flexibility index (Phi) is 7.80. The third kappa shape index (κ3) is 5.40. The van der Waals surface area contributed by atoms with Crippen LogP contribution in [0.3, 0.4) is 0 Å². The van der Waals surface area contributed by atoms with E-state index in [0.29, 0.717) is 68.9 Å². The van der Waals surface area contributed by atoms with Gasteiger partial charge >= 0.3 is 6.03 Å². The minimum Gasteiger partial charge on any atom is -0.512 e. The zero-order valence-corrected chi connectivity index (χ0v) is 23.3. The quantitative estimate of drug-likeness (QED) is 0.463. The average Bonchev–Trinajstić information content (AvgIpc) is 2.93. The van der Waals surface area contributed by atoms with Crippen LogP contribution in [0, 0.1) is 5.82 Å². The molecule has 1 saturated heterocycles. The largest absolute Gasteiger partial charge is 0.512 e. The number of aliphatic hydroxyl groups is 1. The second-order valence-electron chi connectivity index (χ2n) is 10.4. The number of aliphatic hydroxyl groups excluding tert-OH is 1. The van der Waals surface area contributed by atoms with Crippen molar-refractivity contribution in [2.24, 2.45) is 5.73 Å². The summed E-state index contributed by atoms with van der Waals surface area (Å²) < 4.78 is 16.6. The number of aromatic nitrogens is 2. The molecule has 0 unspecified atom stereocenters. The number of aryl methyl sites for hydroxylation is 1. The molecule has 9 nitrogen and oxygen atoms in total. The van der Waals surface area contributed by atoms with Crippen LogP contribution in [0.25, 0.3) is 10.9 Å². The first-order valence-electron chi connectivity index (χ1n) is 13.3. The highest BCUT2D eigenvalue weighted by Gasteiger charge is 2.30. The number of hydrogen-bond acceptors (Lipinski definition) is 6. The molecule has 11 heteroatoms. The second-order valence-corrected chi connectivity index (χ2v) is 10.8. The predicted octanol–water partition coefficient (Wildman–Crippen LogP) is 4.16. The zero-order chi connectivity index (χ0) is 28.6. The van der Waals surface area contributed by atoms with Gasteiger partial charge in [0.25, 0.3) is 0 Å². The maximum Gasteiger partial charge on any atom is 0.314 e. The number of halogens is 2. The summed E-state index contributed by atoms with van der Waals surface area (Å²) in [6.07, 6.45) is 3.22. The van der Waals surface area contributed by atoms with Gasteiger partial charge in [0.1, 0.15) is 17.2 Å². The summed E-state index contributed by atoms with van der Waals surface area (Å²) in [5.74, 6) is -0.0646. The Labute approximate surface area is 237 Å². The van der Waals surface area contributed by atoms with Crippen molar-refractivity contribution in [3.05, 3.63) is 75.5 Å². The fourth-order valence-electron chi connectivity index (χ4n) is 5.41. The van der Waals surface area contributed by atoms with E-state index >= 15 is 4.39 Å². The summed E-state index contributed by atoms with van der Waals surface area (Å²) in [7, 11) is 3.41. The number of fused-ring (bicyclic) bond motifs is 2. The number of anilines is 1. The van der Waals surface area contributed by atoms with Crippen LogP contribution in [0.2, 0.25) is 5.02 Å². The van der Waals surface area contributed by atoms with Gasteiger partial charge in [-0.25, -0.2) is 19.2 Å². The molecule has 3 aromatic rings. The monoisotopic (exact) mass is 566 g/mol. The van der Waals surface area contributed by atoms with Gasteiger partial charge in [-0.2, -0.15) is 0 Å². The highest BCUT2D eigenvalue weighted by molar-refractivity contribution is 6.32. The normalized spacial score (nSPS) is 17.0. The molecule has 0 radical (unpaired) electrons. The van der Waals surface area contributed by atoms with Crippen molar-refractivity contribution >= 4 is 40.3 Å². The van der Waals surface area contributed by atoms with E-state index in [0.717, 1.165) is 11.1 Å². The molecular formula is C29H32ClFN6O3. The SMILES string of the molecule is CN(C)C(=O)CCCc1nc(N2CCN(C(N)=O)CC2)c2cc(Cl)c([C@H]3C=C(O)Cc4ccccc43)c(F)c2n1. The summed E-state index contributed by atoms with van der Waals surface area (Å²) >= 11 is 6.78. The Morgan fingerprint density at radius 1 is 1.18 bits per heavy atom. The highest BCUT2D eigenvalue weighted by Crippen LogP contribution is 2.42. The van der Waals surface area contributed by atoms with E-state index in [9.17, 15) is 14.7 Å². The van der Waals surface area contributed by atoms with Gasteiger partial charge in [0, 0.05) is 81.4 Å². The molecule has 0 spiro atoms. The molecule has 2 heterocycles. The number of primary amides is 1. The molecule has 3 N–H and O–H groups in total. The fraction of sp³-hybridized carbons (Fsp3) is 0.379. The van der Waals surface area contributed by atoms with Gasteiger partial charge in [-0.3, -0.25) is 4.79 Å². The van der Waals surface area contributed by atoms with Crippen molar-refractivity contribution in [1.29, 1.82) is 0 Å². The van der Waals surface area contributed by atoms with Gasteiger partial charge in [0.2, 0.25) is 5.91 Å². The number of piperazine rings is 1. The van der Waals surface area contributed by atoms with E-state index in [4.69, 9.17) is 22.3 Å². The van der Waals surface area contributed by atoms with Crippen LogP contribution in [0.15, 0.2) is 42.2 Å². The first-order chi connectivity index (χ1) is 19.1. The summed E-state index contributed by atoms with van der Waals surface area (Å²) in [5, 5.41) is 11.1. The smallest absolute Gasteiger partial charge is 0.314 e. The van der Waals surface area contributed by atoms with Crippen molar-refractivity contribution in [2.45, 2.75) is 31.6 Å². The number of allylic oxidation sites excluding steroid dienone is 2. The van der Waals surface area contributed by atoms with E-state index in [-0.39, 0.29) is 27.8 Å². The number of urea groups is 1. The summed E-state index contributed by atoms with van der Waals surface area (Å²) in [4.78, 5) is 38.3. The zero-order valence-electron chi connectivity index (χ0n) is 22.5. The molecule has 0 bridgehead atoms. The van der Waals surface area contributed by atoms with Crippen molar-refractivity contribution < 1.29 is 19.1 Å². The number of hydrogen-bond donors (Lipinski definition) is 2. The van der Waals surface area contributed by atoms with Gasteiger partial charge in [0.15, 0.2) is 5.82 Å². The topological polar surface area (TPSA) is 116 Å². The van der Waals surface area contributed by atoms with E-state index in [1.54, 1.807) is 31.1 Å². The second kappa shape index (κ2) is 11.3. The summed E-state index contributed by atoms with van der Waals surface area (Å²) in [6, 6.07) is 8.80. The van der Waals surface area contributed by atoms with Crippen LogP contribution in [-0.2, 0) is 17.6 Å². The maximum atomic E-state index is 16.6. The fourth-order valence-corrected chi connectivity index (χ4v) is 5.72. The predicted molar refractivity (Wildman–Crippen MR) is 152 cm³/mol. The Morgan fingerprint density at radius 2 is 1.90 bits per heavy atom. The van der Waals surface area contributed by atoms with Crippen molar-refractivity contribution in [3.63, 3.8) is 0 Å². The maximum absolute atomic E-state index is 16.6. The van der Waals surface area contributed by atoms with Crippen LogP contribution >= 0.6 is 11.6 Å². The number of rotatable bonds is 6. The number of carbonyl (C=O) groups excluding carboxylic acids is 2. The van der Waals surface area contributed by atoms with Crippen LogP contribution in [0.5, 0.6) is 0 Å². The van der Waals surface area contributed by atoms with E-state index in [1.165, 1.54) is 4.90 Å². The summed E-state index contributed by atoms with van der Waals surface area (Å²) in [6.45, 7) is 1.73. The Balaban J connectivity index is 1.60. The third-order valence-corrected chi connectivity index (χ3v) is 7.87. The lowest BCUT2D eigenvalue weighted by atomic mass is 9.82. The summed E-state index contributed by atoms with van der Waals surface area (Å²) in [5.41, 5.74) is 7.61. The van der Waals surface area contributed by atoms with E-state index < -0.39 is 17.8 Å². The molecule has 210 valence electrons. The number of nitrogens with two attached hydrogens (primary N) is 1.